The van der Waals surface area contributed by atoms with E-state index < -0.39 is 0 Å². The van der Waals surface area contributed by atoms with Crippen molar-refractivity contribution >= 4 is 28.9 Å². The van der Waals surface area contributed by atoms with E-state index in [-0.39, 0.29) is 5.92 Å². The SMILES string of the molecule is Nc1c(Cl)cc(Cl)cc1-c1nc(C2CCOCC2)no1. The van der Waals surface area contributed by atoms with Crippen LogP contribution in [0.4, 0.5) is 5.69 Å². The zero-order chi connectivity index (χ0) is 14.1. The molecule has 0 unspecified atom stereocenters. The van der Waals surface area contributed by atoms with Crippen LogP contribution in [-0.2, 0) is 4.74 Å². The summed E-state index contributed by atoms with van der Waals surface area (Å²) in [6, 6.07) is 3.25. The number of nitrogen functional groups attached to an aromatic ring is 1. The van der Waals surface area contributed by atoms with Crippen molar-refractivity contribution in [2.75, 3.05) is 18.9 Å². The molecule has 0 bridgehead atoms. The minimum absolute atomic E-state index is 0.261. The lowest BCUT2D eigenvalue weighted by atomic mass is 10.00. The van der Waals surface area contributed by atoms with Gasteiger partial charge in [-0.2, -0.15) is 4.98 Å². The number of hydrogen-bond donors (Lipinski definition) is 1. The van der Waals surface area contributed by atoms with Gasteiger partial charge in [0.05, 0.1) is 16.3 Å². The van der Waals surface area contributed by atoms with Gasteiger partial charge in [0.15, 0.2) is 5.82 Å². The standard InChI is InChI=1S/C13H13Cl2N3O2/c14-8-5-9(11(16)10(15)6-8)13-17-12(18-20-13)7-1-3-19-4-2-7/h5-7H,1-4,16H2. The highest BCUT2D eigenvalue weighted by atomic mass is 35.5. The van der Waals surface area contributed by atoms with Crippen molar-refractivity contribution in [2.24, 2.45) is 0 Å². The monoisotopic (exact) mass is 313 g/mol. The van der Waals surface area contributed by atoms with Gasteiger partial charge in [-0.15, -0.1) is 0 Å². The fourth-order valence-corrected chi connectivity index (χ4v) is 2.72. The average Bonchev–Trinajstić information content (AvgIpc) is 2.93. The first-order valence-electron chi connectivity index (χ1n) is 6.31. The molecular weight excluding hydrogens is 301 g/mol. The summed E-state index contributed by atoms with van der Waals surface area (Å²) in [6.07, 6.45) is 1.79. The molecule has 0 atom stereocenters. The number of nitrogens with zero attached hydrogens (tertiary/aromatic N) is 2. The maximum absolute atomic E-state index is 6.01. The lowest BCUT2D eigenvalue weighted by Gasteiger charge is -2.18. The summed E-state index contributed by atoms with van der Waals surface area (Å²) in [4.78, 5) is 4.42. The predicted molar refractivity (Wildman–Crippen MR) is 77.0 cm³/mol. The van der Waals surface area contributed by atoms with E-state index in [9.17, 15) is 0 Å². The van der Waals surface area contributed by atoms with Crippen molar-refractivity contribution in [1.29, 1.82) is 0 Å². The van der Waals surface area contributed by atoms with Crippen molar-refractivity contribution in [2.45, 2.75) is 18.8 Å². The highest BCUT2D eigenvalue weighted by Crippen LogP contribution is 2.35. The second-order valence-electron chi connectivity index (χ2n) is 4.69. The summed E-state index contributed by atoms with van der Waals surface area (Å²) < 4.78 is 10.6. The minimum Gasteiger partial charge on any atom is -0.397 e. The molecule has 7 heteroatoms. The van der Waals surface area contributed by atoms with Gasteiger partial charge in [0, 0.05) is 24.2 Å². The Kier molecular flexibility index (Phi) is 3.83. The molecule has 2 aromatic rings. The van der Waals surface area contributed by atoms with Crippen LogP contribution in [0.3, 0.4) is 0 Å². The Morgan fingerprint density at radius 2 is 1.95 bits per heavy atom. The Balaban J connectivity index is 1.93. The van der Waals surface area contributed by atoms with E-state index in [0.717, 1.165) is 26.1 Å². The molecule has 0 saturated carbocycles. The molecule has 5 nitrogen and oxygen atoms in total. The minimum atomic E-state index is 0.261. The maximum atomic E-state index is 6.01. The number of hydrogen-bond acceptors (Lipinski definition) is 5. The number of nitrogens with two attached hydrogens (primary N) is 1. The fraction of sp³-hybridized carbons (Fsp3) is 0.385. The van der Waals surface area contributed by atoms with Crippen LogP contribution in [0.5, 0.6) is 0 Å². The van der Waals surface area contributed by atoms with E-state index in [1.165, 1.54) is 0 Å². The summed E-state index contributed by atoms with van der Waals surface area (Å²) in [5.74, 6) is 1.28. The second kappa shape index (κ2) is 5.60. The van der Waals surface area contributed by atoms with E-state index in [4.69, 9.17) is 38.2 Å². The number of benzene rings is 1. The molecular formula is C13H13Cl2N3O2. The van der Waals surface area contributed by atoms with Gasteiger partial charge < -0.3 is 15.0 Å². The average molecular weight is 314 g/mol. The van der Waals surface area contributed by atoms with Gasteiger partial charge in [0.25, 0.3) is 5.89 Å². The molecule has 0 radical (unpaired) electrons. The van der Waals surface area contributed by atoms with Crippen molar-refractivity contribution in [3.63, 3.8) is 0 Å². The maximum Gasteiger partial charge on any atom is 0.260 e. The Labute approximate surface area is 126 Å². The molecule has 0 aliphatic carbocycles. The molecule has 0 spiro atoms. The van der Waals surface area contributed by atoms with Gasteiger partial charge in [0.1, 0.15) is 0 Å². The van der Waals surface area contributed by atoms with Crippen molar-refractivity contribution in [3.8, 4) is 11.5 Å². The smallest absolute Gasteiger partial charge is 0.260 e. The summed E-state index contributed by atoms with van der Waals surface area (Å²) in [5, 5.41) is 4.88. The van der Waals surface area contributed by atoms with Crippen LogP contribution < -0.4 is 5.73 Å². The van der Waals surface area contributed by atoms with E-state index in [2.05, 4.69) is 10.1 Å². The molecule has 1 aliphatic heterocycles. The molecule has 1 aliphatic rings. The lowest BCUT2D eigenvalue weighted by molar-refractivity contribution is 0.0830. The number of halogens is 2. The molecule has 106 valence electrons. The predicted octanol–water partition coefficient (Wildman–Crippen LogP) is 3.52. The van der Waals surface area contributed by atoms with E-state index >= 15 is 0 Å². The van der Waals surface area contributed by atoms with Crippen molar-refractivity contribution in [1.82, 2.24) is 10.1 Å². The van der Waals surface area contributed by atoms with E-state index in [1.807, 2.05) is 0 Å². The van der Waals surface area contributed by atoms with Gasteiger partial charge in [-0.1, -0.05) is 28.4 Å². The normalized spacial score (nSPS) is 16.5. The van der Waals surface area contributed by atoms with Crippen molar-refractivity contribution < 1.29 is 9.26 Å². The zero-order valence-corrected chi connectivity index (χ0v) is 12.1. The third-order valence-corrected chi connectivity index (χ3v) is 3.88. The Hall–Kier alpha value is -1.30. The first kappa shape index (κ1) is 13.7. The Bertz CT molecular complexity index is 624. The van der Waals surface area contributed by atoms with Crippen LogP contribution in [0.2, 0.25) is 10.0 Å². The van der Waals surface area contributed by atoms with Crippen molar-refractivity contribution in [3.05, 3.63) is 28.0 Å². The zero-order valence-electron chi connectivity index (χ0n) is 10.6. The molecule has 2 N–H and O–H groups in total. The Morgan fingerprint density at radius 3 is 2.70 bits per heavy atom. The van der Waals surface area contributed by atoms with E-state index in [0.29, 0.717) is 33.0 Å². The largest absolute Gasteiger partial charge is 0.397 e. The van der Waals surface area contributed by atoms with Gasteiger partial charge >= 0.3 is 0 Å². The number of rotatable bonds is 2. The van der Waals surface area contributed by atoms with Crippen LogP contribution in [-0.4, -0.2) is 23.4 Å². The summed E-state index contributed by atoms with van der Waals surface area (Å²) in [7, 11) is 0. The summed E-state index contributed by atoms with van der Waals surface area (Å²) in [5.41, 5.74) is 6.88. The first-order chi connectivity index (χ1) is 9.65. The number of aromatic nitrogens is 2. The Morgan fingerprint density at radius 1 is 1.20 bits per heavy atom. The van der Waals surface area contributed by atoms with Crippen LogP contribution in [0.15, 0.2) is 16.7 Å². The molecule has 2 heterocycles. The highest BCUT2D eigenvalue weighted by molar-refractivity contribution is 6.37. The molecule has 0 amide bonds. The van der Waals surface area contributed by atoms with Crippen LogP contribution in [0, 0.1) is 0 Å². The van der Waals surface area contributed by atoms with Crippen LogP contribution in [0.1, 0.15) is 24.6 Å². The first-order valence-corrected chi connectivity index (χ1v) is 7.07. The third-order valence-electron chi connectivity index (χ3n) is 3.35. The molecule has 3 rings (SSSR count). The molecule has 1 aromatic carbocycles. The van der Waals surface area contributed by atoms with Gasteiger partial charge in [0.2, 0.25) is 0 Å². The van der Waals surface area contributed by atoms with Gasteiger partial charge in [-0.25, -0.2) is 0 Å². The molecule has 1 saturated heterocycles. The molecule has 20 heavy (non-hydrogen) atoms. The summed E-state index contributed by atoms with van der Waals surface area (Å²) in [6.45, 7) is 1.44. The third kappa shape index (κ3) is 2.61. The lowest BCUT2D eigenvalue weighted by Crippen LogP contribution is -2.15. The second-order valence-corrected chi connectivity index (χ2v) is 5.54. The quantitative estimate of drug-likeness (QED) is 0.859. The van der Waals surface area contributed by atoms with Gasteiger partial charge in [-0.3, -0.25) is 0 Å². The topological polar surface area (TPSA) is 74.2 Å². The molecule has 1 fully saturated rings. The van der Waals surface area contributed by atoms with E-state index in [1.54, 1.807) is 12.1 Å². The van der Waals surface area contributed by atoms with Gasteiger partial charge in [-0.05, 0) is 25.0 Å². The van der Waals surface area contributed by atoms with Crippen LogP contribution >= 0.6 is 23.2 Å². The highest BCUT2D eigenvalue weighted by Gasteiger charge is 2.23. The summed E-state index contributed by atoms with van der Waals surface area (Å²) >= 11 is 12.0. The molecule has 1 aromatic heterocycles. The fourth-order valence-electron chi connectivity index (χ4n) is 2.23. The number of ether oxygens (including phenoxy) is 1. The van der Waals surface area contributed by atoms with Crippen LogP contribution in [0.25, 0.3) is 11.5 Å². The number of anilines is 1.